The number of rotatable bonds is 3. The highest BCUT2D eigenvalue weighted by Crippen LogP contribution is 2.24. The maximum absolute atomic E-state index is 6.13. The van der Waals surface area contributed by atoms with E-state index < -0.39 is 0 Å². The number of benzene rings is 1. The molecule has 1 atom stereocenters. The molecule has 1 saturated heterocycles. The van der Waals surface area contributed by atoms with Crippen molar-refractivity contribution in [1.82, 2.24) is 15.5 Å². The molecular formula is C13H13Cl2N3O. The first-order valence-electron chi connectivity index (χ1n) is 6.22. The lowest BCUT2D eigenvalue weighted by atomic mass is 10.1. The van der Waals surface area contributed by atoms with Gasteiger partial charge in [-0.1, -0.05) is 34.4 Å². The lowest BCUT2D eigenvalue weighted by Gasteiger charge is -2.02. The van der Waals surface area contributed by atoms with Crippen LogP contribution < -0.4 is 5.32 Å². The molecule has 0 amide bonds. The van der Waals surface area contributed by atoms with Crippen molar-refractivity contribution in [2.75, 3.05) is 6.54 Å². The van der Waals surface area contributed by atoms with Crippen LogP contribution in [0.2, 0.25) is 10.0 Å². The molecule has 6 heteroatoms. The molecule has 0 spiro atoms. The summed E-state index contributed by atoms with van der Waals surface area (Å²) in [5, 5.41) is 8.58. The van der Waals surface area contributed by atoms with Crippen LogP contribution in [-0.2, 0) is 6.42 Å². The van der Waals surface area contributed by atoms with Gasteiger partial charge in [0.1, 0.15) is 0 Å². The van der Waals surface area contributed by atoms with Gasteiger partial charge in [-0.2, -0.15) is 4.98 Å². The molecule has 2 heterocycles. The van der Waals surface area contributed by atoms with Gasteiger partial charge < -0.3 is 9.84 Å². The fourth-order valence-electron chi connectivity index (χ4n) is 2.21. The van der Waals surface area contributed by atoms with Gasteiger partial charge in [0.25, 0.3) is 0 Å². The molecule has 4 nitrogen and oxygen atoms in total. The molecule has 19 heavy (non-hydrogen) atoms. The van der Waals surface area contributed by atoms with E-state index in [2.05, 4.69) is 15.5 Å². The second-order valence-corrected chi connectivity index (χ2v) is 5.45. The Labute approximate surface area is 121 Å². The van der Waals surface area contributed by atoms with Gasteiger partial charge in [-0.25, -0.2) is 0 Å². The summed E-state index contributed by atoms with van der Waals surface area (Å²) in [5.41, 5.74) is 0.942. The number of hydrogen-bond acceptors (Lipinski definition) is 4. The number of nitrogens with one attached hydrogen (secondary N) is 1. The van der Waals surface area contributed by atoms with Crippen molar-refractivity contribution in [3.8, 4) is 0 Å². The van der Waals surface area contributed by atoms with Crippen molar-refractivity contribution in [2.24, 2.45) is 0 Å². The van der Waals surface area contributed by atoms with E-state index in [0.29, 0.717) is 28.2 Å². The van der Waals surface area contributed by atoms with Crippen LogP contribution in [0.25, 0.3) is 0 Å². The van der Waals surface area contributed by atoms with Crippen LogP contribution in [0.15, 0.2) is 22.7 Å². The minimum Gasteiger partial charge on any atom is -0.338 e. The third kappa shape index (κ3) is 2.91. The van der Waals surface area contributed by atoms with Gasteiger partial charge in [0, 0.05) is 16.5 Å². The Morgan fingerprint density at radius 2 is 2.26 bits per heavy atom. The monoisotopic (exact) mass is 297 g/mol. The van der Waals surface area contributed by atoms with Crippen LogP contribution in [0.1, 0.15) is 36.2 Å². The van der Waals surface area contributed by atoms with Gasteiger partial charge >= 0.3 is 0 Å². The van der Waals surface area contributed by atoms with Crippen LogP contribution in [0, 0.1) is 0 Å². The molecule has 1 N–H and O–H groups in total. The molecule has 2 aromatic rings. The zero-order valence-electron chi connectivity index (χ0n) is 10.2. The van der Waals surface area contributed by atoms with Gasteiger partial charge in [-0.3, -0.25) is 0 Å². The van der Waals surface area contributed by atoms with Gasteiger partial charge in [-0.05, 0) is 37.1 Å². The van der Waals surface area contributed by atoms with Crippen LogP contribution in [0.4, 0.5) is 0 Å². The van der Waals surface area contributed by atoms with E-state index in [1.165, 1.54) is 0 Å². The van der Waals surface area contributed by atoms with Gasteiger partial charge in [0.05, 0.1) is 6.04 Å². The third-order valence-electron chi connectivity index (χ3n) is 3.21. The van der Waals surface area contributed by atoms with Gasteiger partial charge in [0.2, 0.25) is 5.89 Å². The summed E-state index contributed by atoms with van der Waals surface area (Å²) in [5.74, 6) is 1.31. The molecule has 0 unspecified atom stereocenters. The summed E-state index contributed by atoms with van der Waals surface area (Å²) in [6.07, 6.45) is 2.74. The van der Waals surface area contributed by atoms with E-state index in [4.69, 9.17) is 27.7 Å². The molecule has 0 aliphatic carbocycles. The van der Waals surface area contributed by atoms with Crippen molar-refractivity contribution in [3.63, 3.8) is 0 Å². The topological polar surface area (TPSA) is 51.0 Å². The highest BCUT2D eigenvalue weighted by molar-refractivity contribution is 6.35. The second kappa shape index (κ2) is 5.49. The summed E-state index contributed by atoms with van der Waals surface area (Å²) >= 11 is 12.0. The third-order valence-corrected chi connectivity index (χ3v) is 3.79. The highest BCUT2D eigenvalue weighted by Gasteiger charge is 2.22. The average Bonchev–Trinajstić information content (AvgIpc) is 3.03. The zero-order chi connectivity index (χ0) is 13.2. The molecule has 1 aliphatic heterocycles. The first kappa shape index (κ1) is 12.9. The Balaban J connectivity index is 1.76. The number of aromatic nitrogens is 2. The fourth-order valence-corrected chi connectivity index (χ4v) is 2.69. The summed E-state index contributed by atoms with van der Waals surface area (Å²) in [6.45, 7) is 1.01. The lowest BCUT2D eigenvalue weighted by Crippen LogP contribution is -2.13. The standard InChI is InChI=1S/C13H13Cl2N3O/c14-9-4-3-8(10(15)7-9)6-12-17-13(19-18-12)11-2-1-5-16-11/h3-4,7,11,16H,1-2,5-6H2/t11-/m0/s1. The minimum atomic E-state index is 0.196. The highest BCUT2D eigenvalue weighted by atomic mass is 35.5. The van der Waals surface area contributed by atoms with E-state index in [1.54, 1.807) is 6.07 Å². The summed E-state index contributed by atoms with van der Waals surface area (Å²) in [4.78, 5) is 4.42. The number of nitrogens with zero attached hydrogens (tertiary/aromatic N) is 2. The maximum Gasteiger partial charge on any atom is 0.243 e. The van der Waals surface area contributed by atoms with E-state index in [1.807, 2.05) is 12.1 Å². The normalized spacial score (nSPS) is 18.9. The van der Waals surface area contributed by atoms with E-state index in [0.717, 1.165) is 24.9 Å². The molecule has 1 aliphatic rings. The Morgan fingerprint density at radius 1 is 1.37 bits per heavy atom. The molecular weight excluding hydrogens is 285 g/mol. The van der Waals surface area contributed by atoms with E-state index >= 15 is 0 Å². The first-order chi connectivity index (χ1) is 9.22. The van der Waals surface area contributed by atoms with Crippen LogP contribution in [-0.4, -0.2) is 16.7 Å². The van der Waals surface area contributed by atoms with Crippen molar-refractivity contribution < 1.29 is 4.52 Å². The SMILES string of the molecule is Clc1ccc(Cc2noc([C@@H]3CCCN3)n2)c(Cl)c1. The molecule has 1 aromatic carbocycles. The molecule has 0 saturated carbocycles. The molecule has 1 aromatic heterocycles. The second-order valence-electron chi connectivity index (χ2n) is 4.61. The predicted molar refractivity (Wildman–Crippen MR) is 73.5 cm³/mol. The van der Waals surface area contributed by atoms with E-state index in [9.17, 15) is 0 Å². The molecule has 0 radical (unpaired) electrons. The smallest absolute Gasteiger partial charge is 0.243 e. The van der Waals surface area contributed by atoms with Crippen molar-refractivity contribution in [2.45, 2.75) is 25.3 Å². The van der Waals surface area contributed by atoms with Gasteiger partial charge in [-0.15, -0.1) is 0 Å². The van der Waals surface area contributed by atoms with Gasteiger partial charge in [0.15, 0.2) is 5.82 Å². The summed E-state index contributed by atoms with van der Waals surface area (Å²) < 4.78 is 5.29. The minimum absolute atomic E-state index is 0.196. The van der Waals surface area contributed by atoms with Crippen LogP contribution >= 0.6 is 23.2 Å². The first-order valence-corrected chi connectivity index (χ1v) is 6.98. The Kier molecular flexibility index (Phi) is 3.73. The van der Waals surface area contributed by atoms with Crippen LogP contribution in [0.3, 0.4) is 0 Å². The maximum atomic E-state index is 6.13. The Morgan fingerprint density at radius 3 is 3.00 bits per heavy atom. The number of hydrogen-bond donors (Lipinski definition) is 1. The zero-order valence-corrected chi connectivity index (χ0v) is 11.7. The quantitative estimate of drug-likeness (QED) is 0.943. The predicted octanol–water partition coefficient (Wildman–Crippen LogP) is 3.39. The van der Waals surface area contributed by atoms with E-state index in [-0.39, 0.29) is 6.04 Å². The molecule has 1 fully saturated rings. The Bertz CT molecular complexity index is 579. The lowest BCUT2D eigenvalue weighted by molar-refractivity contribution is 0.341. The Hall–Kier alpha value is -1.10. The van der Waals surface area contributed by atoms with Crippen molar-refractivity contribution in [3.05, 3.63) is 45.5 Å². The molecule has 3 rings (SSSR count). The largest absolute Gasteiger partial charge is 0.338 e. The van der Waals surface area contributed by atoms with Crippen LogP contribution in [0.5, 0.6) is 0 Å². The molecule has 100 valence electrons. The van der Waals surface area contributed by atoms with Crippen molar-refractivity contribution in [1.29, 1.82) is 0 Å². The summed E-state index contributed by atoms with van der Waals surface area (Å²) in [6, 6.07) is 5.61. The summed E-state index contributed by atoms with van der Waals surface area (Å²) in [7, 11) is 0. The van der Waals surface area contributed by atoms with Crippen molar-refractivity contribution >= 4 is 23.2 Å². The average molecular weight is 298 g/mol. The fraction of sp³-hybridized carbons (Fsp3) is 0.385. The molecule has 0 bridgehead atoms. The number of halogens is 2.